The molecule has 0 aromatic rings. The Balaban J connectivity index is 4.60. The van der Waals surface area contributed by atoms with E-state index in [4.69, 9.17) is 0 Å². The first kappa shape index (κ1) is 88.2. The Morgan fingerprint density at radius 2 is 0.979 bits per heavy atom. The summed E-state index contributed by atoms with van der Waals surface area (Å²) in [7, 11) is 9.88. The summed E-state index contributed by atoms with van der Waals surface area (Å²) in [6, 6.07) is -12.9. The number of likely N-dealkylation sites (N-methyl/N-ethyl adjacent to an activating group) is 7. The third-order valence-electron chi connectivity index (χ3n) is 18.2. The first-order valence-corrected chi connectivity index (χ1v) is 35.8. The topological polar surface area (TPSA) is 302 Å². The van der Waals surface area contributed by atoms with Gasteiger partial charge in [0.15, 0.2) is 5.37 Å². The lowest BCUT2D eigenvalue weighted by Crippen LogP contribution is -2.64. The van der Waals surface area contributed by atoms with E-state index in [1.807, 2.05) is 54.5 Å². The van der Waals surface area contributed by atoms with Crippen LogP contribution in [0.2, 0.25) is 0 Å². The average molecular weight is 1380 g/mol. The highest BCUT2D eigenvalue weighted by atomic mass is 32.2. The van der Waals surface area contributed by atoms with Crippen molar-refractivity contribution >= 4 is 76.7 Å². The average Bonchev–Trinajstić information content (AvgIpc) is 0.825. The maximum absolute atomic E-state index is 15.4. The van der Waals surface area contributed by atoms with Crippen molar-refractivity contribution in [2.75, 3.05) is 68.2 Å². The van der Waals surface area contributed by atoms with Crippen molar-refractivity contribution in [3.63, 3.8) is 0 Å². The second-order valence-electron chi connectivity index (χ2n) is 29.5. The van der Waals surface area contributed by atoms with Gasteiger partial charge in [-0.1, -0.05) is 102 Å². The highest BCUT2D eigenvalue weighted by Gasteiger charge is 2.47. The molecule has 0 bridgehead atoms. The van der Waals surface area contributed by atoms with Gasteiger partial charge in [0.25, 0.3) is 5.91 Å². The van der Waals surface area contributed by atoms with Gasteiger partial charge in [0, 0.05) is 61.8 Å². The summed E-state index contributed by atoms with van der Waals surface area (Å²) in [6.07, 6.45) is 2.93. The molecule has 552 valence electrons. The number of aliphatic hydroxyl groups excluding tert-OH is 1. The second-order valence-corrected chi connectivity index (χ2v) is 30.7. The highest BCUT2D eigenvalue weighted by Crippen LogP contribution is 2.28. The lowest BCUT2D eigenvalue weighted by Gasteiger charge is -2.41. The van der Waals surface area contributed by atoms with Crippen LogP contribution in [0.25, 0.3) is 0 Å². The first-order chi connectivity index (χ1) is 44.3. The van der Waals surface area contributed by atoms with Crippen LogP contribution in [0.4, 0.5) is 0 Å². The lowest BCUT2D eigenvalue weighted by atomic mass is 9.91. The predicted molar refractivity (Wildman–Crippen MR) is 378 cm³/mol. The van der Waals surface area contributed by atoms with Gasteiger partial charge in [-0.2, -0.15) is 0 Å². The Kier molecular flexibility index (Phi) is 37.0. The monoisotopic (exact) mass is 1380 g/mol. The van der Waals surface area contributed by atoms with E-state index in [0.717, 1.165) is 28.1 Å². The van der Waals surface area contributed by atoms with Gasteiger partial charge in [-0.25, -0.2) is 0 Å². The molecule has 13 atom stereocenters. The van der Waals surface area contributed by atoms with Gasteiger partial charge < -0.3 is 70.7 Å². The summed E-state index contributed by atoms with van der Waals surface area (Å²) in [6.45, 7) is 36.6. The number of amides is 11. The van der Waals surface area contributed by atoms with Gasteiger partial charge >= 0.3 is 0 Å². The Hall–Kier alpha value is -5.86. The number of hydrogen-bond acceptors (Lipinski definition) is 15. The maximum Gasteiger partial charge on any atom is 0.256 e. The van der Waals surface area contributed by atoms with E-state index in [0.29, 0.717) is 18.7 Å². The normalized spacial score (nSPS) is 26.2. The fourth-order valence-corrected chi connectivity index (χ4v) is 13.3. The van der Waals surface area contributed by atoms with Gasteiger partial charge in [-0.15, -0.1) is 11.8 Å². The van der Waals surface area contributed by atoms with Crippen molar-refractivity contribution in [1.82, 2.24) is 60.5 Å². The van der Waals surface area contributed by atoms with Crippen molar-refractivity contribution in [3.8, 4) is 0 Å². The number of aliphatic hydroxyl groups is 2. The molecule has 1 rings (SSSR count). The van der Waals surface area contributed by atoms with Crippen LogP contribution in [0.1, 0.15) is 183 Å². The minimum Gasteiger partial charge on any atom is -0.390 e. The van der Waals surface area contributed by atoms with Crippen LogP contribution in [0, 0.1) is 35.5 Å². The molecule has 0 aliphatic carbocycles. The highest BCUT2D eigenvalue weighted by molar-refractivity contribution is 8.00. The van der Waals surface area contributed by atoms with Crippen LogP contribution in [-0.4, -0.2) is 266 Å². The number of nitrogens with zero attached hydrogens (tertiary/aromatic N) is 8. The molecule has 0 spiro atoms. The Morgan fingerprint density at radius 3 is 1.44 bits per heavy atom. The number of carbonyl (C=O) groups is 11. The zero-order valence-electron chi connectivity index (χ0n) is 63.6. The largest absolute Gasteiger partial charge is 0.390 e. The van der Waals surface area contributed by atoms with E-state index in [-0.39, 0.29) is 62.3 Å². The molecule has 0 unspecified atom stereocenters. The minimum atomic E-state index is -1.66. The van der Waals surface area contributed by atoms with Crippen molar-refractivity contribution in [2.45, 2.75) is 267 Å². The molecule has 1 aliphatic rings. The number of nitrogens with one attached hydrogen (secondary N) is 4. The van der Waals surface area contributed by atoms with Crippen molar-refractivity contribution < 1.29 is 63.0 Å². The second kappa shape index (κ2) is 40.3. The van der Waals surface area contributed by atoms with Crippen LogP contribution in [0.15, 0.2) is 12.2 Å². The Bertz CT molecular complexity index is 2610. The van der Waals surface area contributed by atoms with E-state index in [1.54, 1.807) is 54.5 Å². The zero-order chi connectivity index (χ0) is 74.5. The molecule has 25 nitrogen and oxygen atoms in total. The third-order valence-corrected chi connectivity index (χ3v) is 19.6. The van der Waals surface area contributed by atoms with E-state index < -0.39 is 160 Å². The summed E-state index contributed by atoms with van der Waals surface area (Å²) >= 11 is 1.14. The van der Waals surface area contributed by atoms with Crippen LogP contribution in [0.3, 0.4) is 0 Å². The van der Waals surface area contributed by atoms with Gasteiger partial charge in [0.1, 0.15) is 60.4 Å². The lowest BCUT2D eigenvalue weighted by molar-refractivity contribution is -0.157. The van der Waals surface area contributed by atoms with Crippen LogP contribution >= 0.6 is 11.8 Å². The molecular formula is C70H128N12O13S. The Labute approximate surface area is 580 Å². The molecule has 1 heterocycles. The molecule has 26 heteroatoms. The van der Waals surface area contributed by atoms with Gasteiger partial charge in [0.05, 0.1) is 11.7 Å². The standard InChI is InChI=1S/C70H128N12O13S/c1-28-31-33-46(16)57(83)56-61(87)73-49(29-2)63(89)81(27)69(96-35-32-34-82(30-3)45(14)15)68(94)78(24)53(39-70(19,20)95)60(86)74-54(43(10)11)66(92)75(21)50(36-40(4)5)59(85)71-47(17)58(84)72-48(18)62(88)76(22)51(37-41(6)7)64(90)77(23)52(38-42(8)9)65(91)79(25)55(44(12)13)67(93)80(56)26/h28,31,40-57,69,83,95H,29-30,32-39H2,1-27H3,(H,71,85)(H,72,84)(H,73,87)(H,74,86)/t46-,47+,48-,49+,50+,51+,52+,53+,54+,55+,56+,57-,69-/m1/s1. The minimum absolute atomic E-state index is 0.0301. The fraction of sp³-hybridized carbons (Fsp3) is 0.814. The molecule has 1 saturated heterocycles. The molecule has 0 radical (unpaired) electrons. The summed E-state index contributed by atoms with van der Waals surface area (Å²) < 4.78 is 0. The SMILES string of the molecule is CC=CC[C@@H](C)[C@@H](O)[C@H]1C(=O)N[C@@H](CC)C(=O)N(C)[C@H](SCCCN(CC)C(C)C)C(=O)N(C)[C@@H](CC(C)(C)O)C(=O)N[C@@H](C(C)C)C(=O)N(C)[C@@H](CC(C)C)C(=O)N[C@@H](C)C(=O)N[C@H](C)C(=O)N(C)[C@@H](CC(C)C)C(=O)N(C)[C@@H](CC(C)C)C(=O)N(C)[C@@H](C(C)C)C(=O)N1C. The van der Waals surface area contributed by atoms with E-state index >= 15 is 33.6 Å². The van der Waals surface area contributed by atoms with Crippen molar-refractivity contribution in [3.05, 3.63) is 12.2 Å². The van der Waals surface area contributed by atoms with E-state index in [1.165, 1.54) is 102 Å². The zero-order valence-corrected chi connectivity index (χ0v) is 64.4. The maximum atomic E-state index is 15.4. The molecule has 1 fully saturated rings. The smallest absolute Gasteiger partial charge is 0.256 e. The summed E-state index contributed by atoms with van der Waals surface area (Å²) in [4.78, 5) is 175. The van der Waals surface area contributed by atoms with Gasteiger partial charge in [-0.05, 0) is 141 Å². The molecule has 6 N–H and O–H groups in total. The van der Waals surface area contributed by atoms with E-state index in [2.05, 4.69) is 40.0 Å². The van der Waals surface area contributed by atoms with Crippen LogP contribution in [-0.2, 0) is 52.7 Å². The van der Waals surface area contributed by atoms with Crippen molar-refractivity contribution in [2.24, 2.45) is 35.5 Å². The summed E-state index contributed by atoms with van der Waals surface area (Å²) in [5.41, 5.74) is -1.59. The number of allylic oxidation sites excluding steroid dienone is 2. The molecule has 0 aromatic carbocycles. The quantitative estimate of drug-likeness (QED) is 0.0640. The molecule has 1 aliphatic heterocycles. The molecule has 0 aromatic heterocycles. The van der Waals surface area contributed by atoms with Gasteiger partial charge in [0.2, 0.25) is 59.1 Å². The Morgan fingerprint density at radius 1 is 0.521 bits per heavy atom. The summed E-state index contributed by atoms with van der Waals surface area (Å²) in [5, 5.41) is 33.5. The first-order valence-electron chi connectivity index (χ1n) is 34.7. The number of rotatable bonds is 22. The number of thioether (sulfide) groups is 1. The molecular weight excluding hydrogens is 1250 g/mol. The van der Waals surface area contributed by atoms with Crippen LogP contribution < -0.4 is 21.3 Å². The van der Waals surface area contributed by atoms with E-state index in [9.17, 15) is 29.4 Å². The molecule has 96 heavy (non-hydrogen) atoms. The predicted octanol–water partition coefficient (Wildman–Crippen LogP) is 4.56. The number of carbonyl (C=O) groups excluding carboxylic acids is 11. The fourth-order valence-electron chi connectivity index (χ4n) is 12.1. The number of hydrogen-bond donors (Lipinski definition) is 6. The summed E-state index contributed by atoms with van der Waals surface area (Å²) in [5.74, 6) is -9.96. The third kappa shape index (κ3) is 25.5. The van der Waals surface area contributed by atoms with Gasteiger partial charge in [-0.3, -0.25) is 52.7 Å². The van der Waals surface area contributed by atoms with Crippen molar-refractivity contribution in [1.29, 1.82) is 0 Å². The van der Waals surface area contributed by atoms with Crippen LogP contribution in [0.5, 0.6) is 0 Å². The molecule has 0 saturated carbocycles. The molecule has 11 amide bonds.